The molecule has 1 heterocycles. The second-order valence-corrected chi connectivity index (χ2v) is 8.92. The van der Waals surface area contributed by atoms with E-state index in [1.54, 1.807) is 18.2 Å². The quantitative estimate of drug-likeness (QED) is 0.642. The molecule has 1 saturated heterocycles. The topological polar surface area (TPSA) is 52.6 Å². The van der Waals surface area contributed by atoms with Gasteiger partial charge in [0.15, 0.2) is 0 Å². The van der Waals surface area contributed by atoms with Crippen LogP contribution in [0.3, 0.4) is 0 Å². The van der Waals surface area contributed by atoms with E-state index in [-0.39, 0.29) is 11.6 Å². The van der Waals surface area contributed by atoms with Crippen LogP contribution in [0.4, 0.5) is 5.69 Å². The molecule has 1 aliphatic heterocycles. The van der Waals surface area contributed by atoms with Crippen molar-refractivity contribution in [2.24, 2.45) is 0 Å². The average molecular weight is 501 g/mol. The van der Waals surface area contributed by atoms with Gasteiger partial charge < -0.3 is 10.2 Å². The van der Waals surface area contributed by atoms with Gasteiger partial charge in [0.1, 0.15) is 11.4 Å². The number of allylic oxidation sites excluding steroid dienone is 2. The third-order valence-corrected chi connectivity index (χ3v) is 6.29. The Hall–Kier alpha value is -2.19. The van der Waals surface area contributed by atoms with Crippen LogP contribution < -0.4 is 5.32 Å². The minimum atomic E-state index is -0.125. The summed E-state index contributed by atoms with van der Waals surface area (Å²) in [5, 5.41) is 3.26. The first kappa shape index (κ1) is 20.1. The molecule has 29 heavy (non-hydrogen) atoms. The number of Topliss-reactive ketones (excluding diaryl/α,β-unsaturated/α-hetero) is 2. The lowest BCUT2D eigenvalue weighted by Crippen LogP contribution is -2.50. The van der Waals surface area contributed by atoms with Gasteiger partial charge in [-0.05, 0) is 60.7 Å². The van der Waals surface area contributed by atoms with Gasteiger partial charge >= 0.3 is 0 Å². The summed E-state index contributed by atoms with van der Waals surface area (Å²) in [7, 11) is 0. The fourth-order valence-electron chi connectivity index (χ4n) is 3.92. The first-order valence-electron chi connectivity index (χ1n) is 9.90. The minimum Gasteiger partial charge on any atom is -0.364 e. The Balaban J connectivity index is 1.74. The molecule has 2 aromatic carbocycles. The third-order valence-electron chi connectivity index (χ3n) is 5.57. The van der Waals surface area contributed by atoms with E-state index < -0.39 is 0 Å². The normalized spacial score (nSPS) is 17.7. The van der Waals surface area contributed by atoms with Crippen LogP contribution in [0, 0.1) is 3.57 Å². The molecule has 0 spiro atoms. The van der Waals surface area contributed by atoms with Crippen LogP contribution in [0.5, 0.6) is 0 Å². The molecule has 4 rings (SSSR count). The van der Waals surface area contributed by atoms with Gasteiger partial charge in [-0.25, -0.2) is 0 Å². The first-order valence-corrected chi connectivity index (χ1v) is 11.0. The first-order chi connectivity index (χ1) is 14.0. The third kappa shape index (κ3) is 3.96. The molecule has 6 heteroatoms. The van der Waals surface area contributed by atoms with Gasteiger partial charge in [0.25, 0.3) is 0 Å². The van der Waals surface area contributed by atoms with Gasteiger partial charge in [-0.3, -0.25) is 14.5 Å². The number of ketones is 2. The maximum atomic E-state index is 13.4. The number of rotatable bonds is 4. The second-order valence-electron chi connectivity index (χ2n) is 7.68. The van der Waals surface area contributed by atoms with Gasteiger partial charge in [-0.1, -0.05) is 24.3 Å². The molecule has 1 N–H and O–H groups in total. The standard InChI is InChI=1S/C23H24IN3O2/c1-15(2)26-11-13-27(14-12-26)21-20(25-17-9-7-16(24)8-10-17)22(28)18-5-3-4-6-19(18)23(21)29/h3-10,15,25H,11-14H2,1-2H3. The van der Waals surface area contributed by atoms with Crippen LogP contribution in [0.25, 0.3) is 0 Å². The predicted molar refractivity (Wildman–Crippen MR) is 123 cm³/mol. The number of piperazine rings is 1. The molecule has 0 amide bonds. The summed E-state index contributed by atoms with van der Waals surface area (Å²) in [5.41, 5.74) is 2.64. The van der Waals surface area contributed by atoms with Crippen LogP contribution in [-0.2, 0) is 0 Å². The van der Waals surface area contributed by atoms with Crippen molar-refractivity contribution in [3.63, 3.8) is 0 Å². The van der Waals surface area contributed by atoms with Crippen molar-refractivity contribution < 1.29 is 9.59 Å². The fraction of sp³-hybridized carbons (Fsp3) is 0.304. The van der Waals surface area contributed by atoms with Crippen molar-refractivity contribution in [1.82, 2.24) is 9.80 Å². The Morgan fingerprint density at radius 2 is 1.45 bits per heavy atom. The summed E-state index contributed by atoms with van der Waals surface area (Å²) in [5.74, 6) is -0.203. The van der Waals surface area contributed by atoms with E-state index in [4.69, 9.17) is 0 Å². The molecular formula is C23H24IN3O2. The maximum Gasteiger partial charge on any atom is 0.212 e. The number of carbonyl (C=O) groups excluding carboxylic acids is 2. The van der Waals surface area contributed by atoms with Crippen LogP contribution in [0.2, 0.25) is 0 Å². The summed E-state index contributed by atoms with van der Waals surface area (Å²) in [6, 6.07) is 15.4. The lowest BCUT2D eigenvalue weighted by Gasteiger charge is -2.40. The summed E-state index contributed by atoms with van der Waals surface area (Å²) in [6.45, 7) is 7.58. The zero-order valence-corrected chi connectivity index (χ0v) is 18.8. The number of hydrogen-bond acceptors (Lipinski definition) is 5. The SMILES string of the molecule is CC(C)N1CCN(C2=C(Nc3ccc(I)cc3)C(=O)c3ccccc3C2=O)CC1. The number of halogens is 1. The Morgan fingerprint density at radius 1 is 0.862 bits per heavy atom. The highest BCUT2D eigenvalue weighted by Crippen LogP contribution is 2.30. The summed E-state index contributed by atoms with van der Waals surface area (Å²) in [6.07, 6.45) is 0. The average Bonchev–Trinajstić information content (AvgIpc) is 2.73. The summed E-state index contributed by atoms with van der Waals surface area (Å²) < 4.78 is 1.11. The highest BCUT2D eigenvalue weighted by molar-refractivity contribution is 14.1. The Bertz CT molecular complexity index is 974. The molecule has 5 nitrogen and oxygen atoms in total. The zero-order valence-electron chi connectivity index (χ0n) is 16.6. The highest BCUT2D eigenvalue weighted by atomic mass is 127. The molecular weight excluding hydrogens is 477 g/mol. The fourth-order valence-corrected chi connectivity index (χ4v) is 4.28. The van der Waals surface area contributed by atoms with Crippen molar-refractivity contribution >= 4 is 39.8 Å². The molecule has 1 fully saturated rings. The van der Waals surface area contributed by atoms with E-state index in [0.717, 1.165) is 35.4 Å². The van der Waals surface area contributed by atoms with Gasteiger partial charge in [0, 0.05) is 52.6 Å². The van der Waals surface area contributed by atoms with E-state index in [9.17, 15) is 9.59 Å². The molecule has 0 aromatic heterocycles. The number of carbonyl (C=O) groups is 2. The van der Waals surface area contributed by atoms with Crippen LogP contribution in [0.1, 0.15) is 34.6 Å². The molecule has 0 atom stereocenters. The summed E-state index contributed by atoms with van der Waals surface area (Å²) in [4.78, 5) is 31.2. The predicted octanol–water partition coefficient (Wildman–Crippen LogP) is 4.02. The number of nitrogens with one attached hydrogen (secondary N) is 1. The zero-order chi connectivity index (χ0) is 20.5. The van der Waals surface area contributed by atoms with Crippen LogP contribution >= 0.6 is 22.6 Å². The molecule has 0 bridgehead atoms. The number of nitrogens with zero attached hydrogens (tertiary/aromatic N) is 2. The van der Waals surface area contributed by atoms with Gasteiger partial charge in [0.2, 0.25) is 11.6 Å². The van der Waals surface area contributed by atoms with Crippen LogP contribution in [0.15, 0.2) is 59.9 Å². The second kappa shape index (κ2) is 8.28. The maximum absolute atomic E-state index is 13.4. The molecule has 2 aliphatic rings. The lowest BCUT2D eigenvalue weighted by atomic mass is 9.89. The van der Waals surface area contributed by atoms with Crippen molar-refractivity contribution in [3.05, 3.63) is 74.6 Å². The molecule has 0 saturated carbocycles. The van der Waals surface area contributed by atoms with Gasteiger partial charge in [0.05, 0.1) is 0 Å². The summed E-state index contributed by atoms with van der Waals surface area (Å²) >= 11 is 2.25. The van der Waals surface area contributed by atoms with Crippen molar-refractivity contribution in [1.29, 1.82) is 0 Å². The van der Waals surface area contributed by atoms with Gasteiger partial charge in [-0.15, -0.1) is 0 Å². The Morgan fingerprint density at radius 3 is 2.03 bits per heavy atom. The number of hydrogen-bond donors (Lipinski definition) is 1. The number of benzene rings is 2. The molecule has 150 valence electrons. The van der Waals surface area contributed by atoms with E-state index in [0.29, 0.717) is 28.6 Å². The number of anilines is 1. The molecule has 0 unspecified atom stereocenters. The monoisotopic (exact) mass is 501 g/mol. The van der Waals surface area contributed by atoms with Crippen molar-refractivity contribution in [3.8, 4) is 0 Å². The van der Waals surface area contributed by atoms with Gasteiger partial charge in [-0.2, -0.15) is 0 Å². The highest BCUT2D eigenvalue weighted by Gasteiger charge is 2.36. The number of fused-ring (bicyclic) bond motifs is 1. The van der Waals surface area contributed by atoms with E-state index >= 15 is 0 Å². The molecule has 0 radical (unpaired) electrons. The Labute approximate surface area is 184 Å². The minimum absolute atomic E-state index is 0.0776. The molecule has 1 aliphatic carbocycles. The smallest absolute Gasteiger partial charge is 0.212 e. The largest absolute Gasteiger partial charge is 0.364 e. The van der Waals surface area contributed by atoms with E-state index in [1.165, 1.54) is 0 Å². The van der Waals surface area contributed by atoms with E-state index in [1.807, 2.05) is 30.3 Å². The lowest BCUT2D eigenvalue weighted by molar-refractivity contribution is 0.0882. The molecule has 2 aromatic rings. The Kier molecular flexibility index (Phi) is 5.74. The van der Waals surface area contributed by atoms with E-state index in [2.05, 4.69) is 51.6 Å². The van der Waals surface area contributed by atoms with Crippen molar-refractivity contribution in [2.45, 2.75) is 19.9 Å². The van der Waals surface area contributed by atoms with Crippen LogP contribution in [-0.4, -0.2) is 53.6 Å². The van der Waals surface area contributed by atoms with Crippen molar-refractivity contribution in [2.75, 3.05) is 31.5 Å².